The van der Waals surface area contributed by atoms with Gasteiger partial charge in [-0.25, -0.2) is 0 Å². The summed E-state index contributed by atoms with van der Waals surface area (Å²) in [6.45, 7) is 4.81. The summed E-state index contributed by atoms with van der Waals surface area (Å²) < 4.78 is 11.0. The molecule has 0 aliphatic carbocycles. The molecule has 0 aromatic heterocycles. The van der Waals surface area contributed by atoms with E-state index in [2.05, 4.69) is 0 Å². The van der Waals surface area contributed by atoms with Gasteiger partial charge in [-0.1, -0.05) is 12.1 Å². The molecule has 0 saturated carbocycles. The Hall–Kier alpha value is -2.49. The van der Waals surface area contributed by atoms with Gasteiger partial charge in [0.05, 0.1) is 18.8 Å². The fourth-order valence-electron chi connectivity index (χ4n) is 2.06. The maximum absolute atomic E-state index is 12.7. The van der Waals surface area contributed by atoms with E-state index < -0.39 is 0 Å². The van der Waals surface area contributed by atoms with E-state index in [4.69, 9.17) is 15.2 Å². The van der Waals surface area contributed by atoms with E-state index in [1.54, 1.807) is 42.5 Å². The van der Waals surface area contributed by atoms with Gasteiger partial charge in [-0.15, -0.1) is 0 Å². The van der Waals surface area contributed by atoms with Crippen molar-refractivity contribution in [2.75, 3.05) is 18.9 Å². The van der Waals surface area contributed by atoms with Crippen LogP contribution < -0.4 is 15.2 Å². The summed E-state index contributed by atoms with van der Waals surface area (Å²) in [5, 5.41) is 0. The lowest BCUT2D eigenvalue weighted by molar-refractivity contribution is 0.103. The van der Waals surface area contributed by atoms with Crippen LogP contribution in [0.1, 0.15) is 29.8 Å². The minimum atomic E-state index is -0.132. The monoisotopic (exact) mass is 285 g/mol. The van der Waals surface area contributed by atoms with Crippen LogP contribution in [0.4, 0.5) is 5.69 Å². The summed E-state index contributed by atoms with van der Waals surface area (Å²) in [6, 6.07) is 12.2. The Morgan fingerprint density at radius 1 is 1.05 bits per heavy atom. The van der Waals surface area contributed by atoms with Crippen LogP contribution in [0, 0.1) is 0 Å². The Kier molecular flexibility index (Phi) is 4.82. The van der Waals surface area contributed by atoms with E-state index in [9.17, 15) is 4.79 Å². The van der Waals surface area contributed by atoms with Gasteiger partial charge >= 0.3 is 0 Å². The lowest BCUT2D eigenvalue weighted by atomic mass is 10.0. The lowest BCUT2D eigenvalue weighted by Crippen LogP contribution is -2.07. The second kappa shape index (κ2) is 6.79. The molecule has 0 aliphatic rings. The second-order valence-electron chi connectivity index (χ2n) is 4.48. The standard InChI is InChI=1S/C17H19NO3/c1-3-20-14-8-9-16(21-4-2)15(11-14)17(19)12-6-5-7-13(18)10-12/h5-11H,3-4,18H2,1-2H3. The molecule has 0 amide bonds. The molecule has 2 aromatic rings. The van der Waals surface area contributed by atoms with Gasteiger partial charge in [0.2, 0.25) is 0 Å². The maximum Gasteiger partial charge on any atom is 0.196 e. The van der Waals surface area contributed by atoms with Crippen molar-refractivity contribution in [1.82, 2.24) is 0 Å². The minimum absolute atomic E-state index is 0.132. The molecule has 2 aromatic carbocycles. The van der Waals surface area contributed by atoms with E-state index >= 15 is 0 Å². The highest BCUT2D eigenvalue weighted by Crippen LogP contribution is 2.27. The number of benzene rings is 2. The van der Waals surface area contributed by atoms with Crippen LogP contribution in [0.25, 0.3) is 0 Å². The van der Waals surface area contributed by atoms with Crippen molar-refractivity contribution in [1.29, 1.82) is 0 Å². The van der Waals surface area contributed by atoms with Gasteiger partial charge in [0.25, 0.3) is 0 Å². The third-order valence-corrected chi connectivity index (χ3v) is 2.96. The number of carbonyl (C=O) groups excluding carboxylic acids is 1. The Morgan fingerprint density at radius 3 is 2.48 bits per heavy atom. The molecule has 0 unspecified atom stereocenters. The fraction of sp³-hybridized carbons (Fsp3) is 0.235. The van der Waals surface area contributed by atoms with E-state index in [0.29, 0.717) is 41.5 Å². The third-order valence-electron chi connectivity index (χ3n) is 2.96. The minimum Gasteiger partial charge on any atom is -0.494 e. The molecular weight excluding hydrogens is 266 g/mol. The Balaban J connectivity index is 2.43. The Morgan fingerprint density at radius 2 is 1.81 bits per heavy atom. The molecule has 2 N–H and O–H groups in total. The van der Waals surface area contributed by atoms with Crippen LogP contribution >= 0.6 is 0 Å². The zero-order valence-corrected chi connectivity index (χ0v) is 12.3. The summed E-state index contributed by atoms with van der Waals surface area (Å²) >= 11 is 0. The van der Waals surface area contributed by atoms with Gasteiger partial charge < -0.3 is 15.2 Å². The summed E-state index contributed by atoms with van der Waals surface area (Å²) in [6.07, 6.45) is 0. The van der Waals surface area contributed by atoms with Crippen molar-refractivity contribution in [2.24, 2.45) is 0 Å². The molecule has 0 bridgehead atoms. The molecule has 0 saturated heterocycles. The van der Waals surface area contributed by atoms with Crippen molar-refractivity contribution in [3.8, 4) is 11.5 Å². The number of nitrogen functional groups attached to an aromatic ring is 1. The summed E-state index contributed by atoms with van der Waals surface area (Å²) in [5.41, 5.74) is 7.31. The number of hydrogen-bond acceptors (Lipinski definition) is 4. The number of carbonyl (C=O) groups is 1. The average Bonchev–Trinajstić information content (AvgIpc) is 2.48. The van der Waals surface area contributed by atoms with Crippen LogP contribution in [0.5, 0.6) is 11.5 Å². The summed E-state index contributed by atoms with van der Waals surface area (Å²) in [7, 11) is 0. The smallest absolute Gasteiger partial charge is 0.196 e. The van der Waals surface area contributed by atoms with E-state index in [0.717, 1.165) is 0 Å². The van der Waals surface area contributed by atoms with E-state index in [1.807, 2.05) is 13.8 Å². The fourth-order valence-corrected chi connectivity index (χ4v) is 2.06. The summed E-state index contributed by atoms with van der Waals surface area (Å²) in [4.78, 5) is 12.7. The highest BCUT2D eigenvalue weighted by atomic mass is 16.5. The van der Waals surface area contributed by atoms with Crippen LogP contribution in [0.15, 0.2) is 42.5 Å². The molecule has 0 aliphatic heterocycles. The van der Waals surface area contributed by atoms with Crippen LogP contribution in [0.3, 0.4) is 0 Å². The van der Waals surface area contributed by atoms with E-state index in [-0.39, 0.29) is 5.78 Å². The molecule has 0 heterocycles. The number of hydrogen-bond donors (Lipinski definition) is 1. The first kappa shape index (κ1) is 14.9. The van der Waals surface area contributed by atoms with Gasteiger partial charge in [-0.3, -0.25) is 4.79 Å². The molecule has 0 radical (unpaired) electrons. The van der Waals surface area contributed by atoms with Crippen molar-refractivity contribution >= 4 is 11.5 Å². The Labute approximate surface area is 124 Å². The molecule has 21 heavy (non-hydrogen) atoms. The van der Waals surface area contributed by atoms with E-state index in [1.165, 1.54) is 0 Å². The molecule has 0 fully saturated rings. The Bertz CT molecular complexity index is 638. The highest BCUT2D eigenvalue weighted by Gasteiger charge is 2.16. The van der Waals surface area contributed by atoms with Crippen LogP contribution in [0.2, 0.25) is 0 Å². The molecule has 2 rings (SSSR count). The highest BCUT2D eigenvalue weighted by molar-refractivity contribution is 6.11. The molecule has 110 valence electrons. The summed E-state index contributed by atoms with van der Waals surface area (Å²) in [5.74, 6) is 1.06. The number of rotatable bonds is 6. The van der Waals surface area contributed by atoms with Crippen LogP contribution in [-0.4, -0.2) is 19.0 Å². The molecule has 4 heteroatoms. The second-order valence-corrected chi connectivity index (χ2v) is 4.48. The predicted octanol–water partition coefficient (Wildman–Crippen LogP) is 3.30. The maximum atomic E-state index is 12.7. The van der Waals surface area contributed by atoms with Crippen molar-refractivity contribution in [3.63, 3.8) is 0 Å². The zero-order valence-electron chi connectivity index (χ0n) is 12.3. The largest absolute Gasteiger partial charge is 0.494 e. The average molecular weight is 285 g/mol. The number of ketones is 1. The molecule has 0 spiro atoms. The first-order valence-electron chi connectivity index (χ1n) is 6.95. The first-order chi connectivity index (χ1) is 10.2. The molecular formula is C17H19NO3. The normalized spacial score (nSPS) is 10.2. The number of ether oxygens (including phenoxy) is 2. The van der Waals surface area contributed by atoms with Gasteiger partial charge in [0, 0.05) is 11.3 Å². The van der Waals surface area contributed by atoms with Gasteiger partial charge in [-0.2, -0.15) is 0 Å². The van der Waals surface area contributed by atoms with Gasteiger partial charge in [0.15, 0.2) is 5.78 Å². The number of anilines is 1. The lowest BCUT2D eigenvalue weighted by Gasteiger charge is -2.12. The zero-order chi connectivity index (χ0) is 15.2. The third kappa shape index (κ3) is 3.54. The first-order valence-corrected chi connectivity index (χ1v) is 6.95. The van der Waals surface area contributed by atoms with Crippen molar-refractivity contribution in [3.05, 3.63) is 53.6 Å². The predicted molar refractivity (Wildman–Crippen MR) is 83.1 cm³/mol. The molecule has 0 atom stereocenters. The van der Waals surface area contributed by atoms with Crippen molar-refractivity contribution in [2.45, 2.75) is 13.8 Å². The van der Waals surface area contributed by atoms with Crippen molar-refractivity contribution < 1.29 is 14.3 Å². The quantitative estimate of drug-likeness (QED) is 0.653. The van der Waals surface area contributed by atoms with Crippen LogP contribution in [-0.2, 0) is 0 Å². The van der Waals surface area contributed by atoms with Gasteiger partial charge in [-0.05, 0) is 44.2 Å². The number of nitrogens with two attached hydrogens (primary N) is 1. The SMILES string of the molecule is CCOc1ccc(OCC)c(C(=O)c2cccc(N)c2)c1. The molecule has 4 nitrogen and oxygen atoms in total. The van der Waals surface area contributed by atoms with Gasteiger partial charge in [0.1, 0.15) is 11.5 Å². The topological polar surface area (TPSA) is 61.5 Å².